The molecule has 0 saturated heterocycles. The average molecular weight is 404 g/mol. The van der Waals surface area contributed by atoms with E-state index >= 15 is 0 Å². The van der Waals surface area contributed by atoms with Crippen LogP contribution in [-0.4, -0.2) is 18.3 Å². The molecular weight excluding hydrogens is 370 g/mol. The van der Waals surface area contributed by atoms with Gasteiger partial charge in [0, 0.05) is 0 Å². The predicted molar refractivity (Wildman–Crippen MR) is 124 cm³/mol. The van der Waals surface area contributed by atoms with E-state index in [0.29, 0.717) is 18.4 Å². The number of nitrogens with one attached hydrogen (secondary N) is 1. The number of ether oxygens (including phenoxy) is 1. The largest absolute Gasteiger partial charge is 0.489 e. The van der Waals surface area contributed by atoms with Gasteiger partial charge in [-0.05, 0) is 53.6 Å². The summed E-state index contributed by atoms with van der Waals surface area (Å²) >= 11 is 0. The van der Waals surface area contributed by atoms with E-state index in [9.17, 15) is 5.11 Å². The lowest BCUT2D eigenvalue weighted by atomic mass is 9.85. The lowest BCUT2D eigenvalue weighted by Gasteiger charge is -2.26. The number of hydrogen-bond donors (Lipinski definition) is 2. The summed E-state index contributed by atoms with van der Waals surface area (Å²) in [5.74, 6) is 1.76. The molecule has 0 aliphatic rings. The van der Waals surface area contributed by atoms with Gasteiger partial charge < -0.3 is 15.2 Å². The van der Waals surface area contributed by atoms with Gasteiger partial charge in [-0.2, -0.15) is 0 Å². The zero-order valence-electron chi connectivity index (χ0n) is 18.0. The number of benzene rings is 3. The van der Waals surface area contributed by atoms with Gasteiger partial charge in [-0.3, -0.25) is 0 Å². The highest BCUT2D eigenvalue weighted by Crippen LogP contribution is 2.30. The molecule has 0 amide bonds. The molecule has 2 N–H and O–H groups in total. The second kappa shape index (κ2) is 11.5. The smallest absolute Gasteiger partial charge is 0.120 e. The Balaban J connectivity index is 1.61. The summed E-state index contributed by atoms with van der Waals surface area (Å²) in [6.07, 6.45) is 1.06. The van der Waals surface area contributed by atoms with Crippen LogP contribution in [0.25, 0.3) is 0 Å². The number of hydrogen-bond acceptors (Lipinski definition) is 3. The molecule has 0 aliphatic heterocycles. The molecule has 0 radical (unpaired) electrons. The Bertz CT molecular complexity index is 866. The highest BCUT2D eigenvalue weighted by atomic mass is 16.5. The van der Waals surface area contributed by atoms with Gasteiger partial charge in [-0.1, -0.05) is 86.6 Å². The van der Waals surface area contributed by atoms with Crippen LogP contribution in [0.4, 0.5) is 0 Å². The highest BCUT2D eigenvalue weighted by molar-refractivity contribution is 5.31. The molecule has 0 heterocycles. The third kappa shape index (κ3) is 6.19. The van der Waals surface area contributed by atoms with Crippen LogP contribution < -0.4 is 10.1 Å². The quantitative estimate of drug-likeness (QED) is 0.430. The Morgan fingerprint density at radius 3 is 2.20 bits per heavy atom. The third-order valence-corrected chi connectivity index (χ3v) is 5.73. The summed E-state index contributed by atoms with van der Waals surface area (Å²) < 4.78 is 6.03. The second-order valence-corrected chi connectivity index (χ2v) is 7.89. The van der Waals surface area contributed by atoms with Gasteiger partial charge in [0.1, 0.15) is 12.4 Å². The van der Waals surface area contributed by atoms with Crippen LogP contribution in [0.2, 0.25) is 0 Å². The van der Waals surface area contributed by atoms with Gasteiger partial charge in [0.05, 0.1) is 12.6 Å². The monoisotopic (exact) mass is 403 g/mol. The Labute approximate surface area is 180 Å². The normalized spacial score (nSPS) is 14.1. The van der Waals surface area contributed by atoms with Crippen LogP contribution >= 0.6 is 0 Å². The molecule has 158 valence electrons. The molecule has 30 heavy (non-hydrogen) atoms. The lowest BCUT2D eigenvalue weighted by Crippen LogP contribution is -2.31. The van der Waals surface area contributed by atoms with E-state index in [0.717, 1.165) is 24.3 Å². The summed E-state index contributed by atoms with van der Waals surface area (Å²) in [6, 6.07) is 28.8. The first-order valence-corrected chi connectivity index (χ1v) is 10.9. The maximum atomic E-state index is 9.82. The molecular formula is C27H33NO2. The van der Waals surface area contributed by atoms with Crippen molar-refractivity contribution >= 4 is 0 Å². The molecule has 0 bridgehead atoms. The van der Waals surface area contributed by atoms with Gasteiger partial charge in [0.25, 0.3) is 0 Å². The van der Waals surface area contributed by atoms with Crippen molar-refractivity contribution in [2.24, 2.45) is 5.92 Å². The predicted octanol–water partition coefficient (Wildman–Crippen LogP) is 5.72. The SMILES string of the molecule is CC[C@@H](c1cccc(OCc2ccccc2)c1)[C@@H](C)CN[C@@H](CO)c1ccccc1. The molecule has 3 aromatic carbocycles. The summed E-state index contributed by atoms with van der Waals surface area (Å²) in [4.78, 5) is 0. The van der Waals surface area contributed by atoms with Crippen molar-refractivity contribution in [1.82, 2.24) is 5.32 Å². The van der Waals surface area contributed by atoms with Gasteiger partial charge in [0.2, 0.25) is 0 Å². The zero-order chi connectivity index (χ0) is 21.2. The molecule has 3 nitrogen and oxygen atoms in total. The van der Waals surface area contributed by atoms with Crippen LogP contribution in [0.15, 0.2) is 84.9 Å². The number of aliphatic hydroxyl groups is 1. The lowest BCUT2D eigenvalue weighted by molar-refractivity contribution is 0.236. The summed E-state index contributed by atoms with van der Waals surface area (Å²) in [6.45, 7) is 6.02. The maximum Gasteiger partial charge on any atom is 0.120 e. The minimum atomic E-state index is -0.0355. The fourth-order valence-electron chi connectivity index (χ4n) is 3.99. The van der Waals surface area contributed by atoms with Crippen molar-refractivity contribution in [3.05, 3.63) is 102 Å². The highest BCUT2D eigenvalue weighted by Gasteiger charge is 2.20. The van der Waals surface area contributed by atoms with E-state index in [1.807, 2.05) is 42.5 Å². The van der Waals surface area contributed by atoms with Crippen LogP contribution in [0, 0.1) is 5.92 Å². The van der Waals surface area contributed by atoms with E-state index in [2.05, 4.69) is 61.6 Å². The molecule has 0 unspecified atom stereocenters. The fourth-order valence-corrected chi connectivity index (χ4v) is 3.99. The Morgan fingerprint density at radius 2 is 1.53 bits per heavy atom. The van der Waals surface area contributed by atoms with Crippen LogP contribution in [0.1, 0.15) is 48.9 Å². The van der Waals surface area contributed by atoms with Crippen molar-refractivity contribution in [1.29, 1.82) is 0 Å². The molecule has 3 aromatic rings. The standard InChI is InChI=1S/C27H33NO2/c1-3-26(21(2)18-28-27(19-29)23-13-8-5-9-14-23)24-15-10-16-25(17-24)30-20-22-11-6-4-7-12-22/h4-17,21,26-29H,3,18-20H2,1-2H3/t21-,26+,27-/m0/s1. The second-order valence-electron chi connectivity index (χ2n) is 7.89. The van der Waals surface area contributed by atoms with Crippen molar-refractivity contribution in [2.45, 2.75) is 38.8 Å². The molecule has 0 saturated carbocycles. The molecule has 0 aromatic heterocycles. The molecule has 0 spiro atoms. The number of rotatable bonds is 11. The van der Waals surface area contributed by atoms with Gasteiger partial charge >= 0.3 is 0 Å². The fraction of sp³-hybridized carbons (Fsp3) is 0.333. The third-order valence-electron chi connectivity index (χ3n) is 5.73. The van der Waals surface area contributed by atoms with Crippen LogP contribution in [0.3, 0.4) is 0 Å². The maximum absolute atomic E-state index is 9.82. The number of aliphatic hydroxyl groups excluding tert-OH is 1. The zero-order valence-corrected chi connectivity index (χ0v) is 18.0. The topological polar surface area (TPSA) is 41.5 Å². The van der Waals surface area contributed by atoms with E-state index in [4.69, 9.17) is 4.74 Å². The first-order chi connectivity index (χ1) is 14.7. The molecule has 0 fully saturated rings. The van der Waals surface area contributed by atoms with Crippen LogP contribution in [0.5, 0.6) is 5.75 Å². The minimum Gasteiger partial charge on any atom is -0.489 e. The Hall–Kier alpha value is -2.62. The van der Waals surface area contributed by atoms with Gasteiger partial charge in [0.15, 0.2) is 0 Å². The Morgan fingerprint density at radius 1 is 0.867 bits per heavy atom. The summed E-state index contributed by atoms with van der Waals surface area (Å²) in [5, 5.41) is 13.4. The van der Waals surface area contributed by atoms with Crippen molar-refractivity contribution in [3.63, 3.8) is 0 Å². The summed E-state index contributed by atoms with van der Waals surface area (Å²) in [5.41, 5.74) is 3.60. The van der Waals surface area contributed by atoms with E-state index in [-0.39, 0.29) is 12.6 Å². The minimum absolute atomic E-state index is 0.0355. The average Bonchev–Trinajstić information content (AvgIpc) is 2.80. The van der Waals surface area contributed by atoms with E-state index in [1.54, 1.807) is 0 Å². The first kappa shape index (κ1) is 22.1. The van der Waals surface area contributed by atoms with Crippen LogP contribution in [-0.2, 0) is 6.61 Å². The molecule has 3 rings (SSSR count). The van der Waals surface area contributed by atoms with Crippen molar-refractivity contribution < 1.29 is 9.84 Å². The molecule has 3 heteroatoms. The summed E-state index contributed by atoms with van der Waals surface area (Å²) in [7, 11) is 0. The van der Waals surface area contributed by atoms with E-state index in [1.165, 1.54) is 11.1 Å². The van der Waals surface area contributed by atoms with E-state index < -0.39 is 0 Å². The van der Waals surface area contributed by atoms with Crippen molar-refractivity contribution in [2.75, 3.05) is 13.2 Å². The van der Waals surface area contributed by atoms with Gasteiger partial charge in [-0.15, -0.1) is 0 Å². The molecule has 3 atom stereocenters. The van der Waals surface area contributed by atoms with Gasteiger partial charge in [-0.25, -0.2) is 0 Å². The van der Waals surface area contributed by atoms with Crippen molar-refractivity contribution in [3.8, 4) is 5.75 Å². The molecule has 0 aliphatic carbocycles. The first-order valence-electron chi connectivity index (χ1n) is 10.9. The Kier molecular flexibility index (Phi) is 8.49.